The van der Waals surface area contributed by atoms with Gasteiger partial charge in [0.05, 0.1) is 12.9 Å². The zero-order valence-electron chi connectivity index (χ0n) is 22.7. The zero-order valence-corrected chi connectivity index (χ0v) is 23.5. The van der Waals surface area contributed by atoms with Gasteiger partial charge in [0, 0.05) is 24.7 Å². The quantitative estimate of drug-likeness (QED) is 0.311. The van der Waals surface area contributed by atoms with E-state index in [0.717, 1.165) is 30.6 Å². The summed E-state index contributed by atoms with van der Waals surface area (Å²) in [4.78, 5) is 42.5. The number of benzene rings is 1. The molecule has 0 aliphatic rings. The number of nitrogen functional groups attached to an aromatic ring is 1. The number of methoxy groups -OCH3 is 1. The summed E-state index contributed by atoms with van der Waals surface area (Å²) in [6.45, 7) is 8.71. The van der Waals surface area contributed by atoms with Crippen molar-refractivity contribution in [2.24, 2.45) is 0 Å². The molecular weight excluding hydrogens is 506 g/mol. The summed E-state index contributed by atoms with van der Waals surface area (Å²) in [5.41, 5.74) is 5.96. The average molecular weight is 544 g/mol. The molecule has 2 heterocycles. The van der Waals surface area contributed by atoms with Gasteiger partial charge in [-0.3, -0.25) is 23.7 Å². The molecule has 3 rings (SSSR count). The summed E-state index contributed by atoms with van der Waals surface area (Å²) in [7, 11) is 1.61. The molecule has 2 aromatic heterocycles. The third kappa shape index (κ3) is 6.47. The molecule has 0 saturated heterocycles. The lowest BCUT2D eigenvalue weighted by molar-refractivity contribution is -0.116. The molecule has 12 heteroatoms. The van der Waals surface area contributed by atoms with Crippen LogP contribution in [-0.4, -0.2) is 49.6 Å². The fraction of sp³-hybridized carbons (Fsp3) is 0.500. The summed E-state index contributed by atoms with van der Waals surface area (Å²) < 4.78 is 8.55. The van der Waals surface area contributed by atoms with Crippen LogP contribution in [0.3, 0.4) is 0 Å². The van der Waals surface area contributed by atoms with Gasteiger partial charge in [0.15, 0.2) is 16.7 Å². The number of H-pyrrole nitrogens is 1. The van der Waals surface area contributed by atoms with Crippen LogP contribution in [0.1, 0.15) is 59.4 Å². The maximum Gasteiger partial charge on any atom is 0.330 e. The first-order chi connectivity index (χ1) is 18.2. The summed E-state index contributed by atoms with van der Waals surface area (Å²) in [6.07, 6.45) is 3.06. The van der Waals surface area contributed by atoms with Gasteiger partial charge >= 0.3 is 5.69 Å². The Hall–Kier alpha value is -3.54. The minimum Gasteiger partial charge on any atom is -0.497 e. The van der Waals surface area contributed by atoms with Gasteiger partial charge in [-0.05, 0) is 51.0 Å². The van der Waals surface area contributed by atoms with E-state index in [-0.39, 0.29) is 29.2 Å². The molecule has 206 valence electrons. The summed E-state index contributed by atoms with van der Waals surface area (Å²) >= 11 is 1.25. The molecule has 3 N–H and O–H groups in total. The van der Waals surface area contributed by atoms with E-state index in [4.69, 9.17) is 10.5 Å². The zero-order chi connectivity index (χ0) is 27.8. The number of carbonyl (C=O) groups is 1. The molecule has 38 heavy (non-hydrogen) atoms. The van der Waals surface area contributed by atoms with Crippen molar-refractivity contribution in [2.75, 3.05) is 30.0 Å². The highest BCUT2D eigenvalue weighted by Gasteiger charge is 2.25. The van der Waals surface area contributed by atoms with E-state index in [0.29, 0.717) is 30.5 Å². The molecule has 0 spiro atoms. The van der Waals surface area contributed by atoms with Gasteiger partial charge in [-0.15, -0.1) is 10.2 Å². The van der Waals surface area contributed by atoms with Crippen LogP contribution in [0.4, 0.5) is 11.5 Å². The number of carbonyl (C=O) groups excluding carboxylic acids is 1. The lowest BCUT2D eigenvalue weighted by Crippen LogP contribution is -2.42. The number of aromatic amines is 1. The molecule has 0 unspecified atom stereocenters. The Balaban J connectivity index is 1.91. The number of unbranched alkanes of at least 4 members (excludes halogenated alkanes) is 2. The number of nitrogens with one attached hydrogen (secondary N) is 1. The topological polar surface area (TPSA) is 141 Å². The first-order valence-electron chi connectivity index (χ1n) is 12.9. The van der Waals surface area contributed by atoms with E-state index in [1.807, 2.05) is 56.5 Å². The maximum atomic E-state index is 13.5. The fourth-order valence-electron chi connectivity index (χ4n) is 4.04. The highest BCUT2D eigenvalue weighted by atomic mass is 32.2. The molecule has 11 nitrogen and oxygen atoms in total. The van der Waals surface area contributed by atoms with Crippen molar-refractivity contribution in [1.29, 1.82) is 0 Å². The number of aromatic nitrogens is 5. The Labute approximate surface area is 226 Å². The van der Waals surface area contributed by atoms with E-state index in [1.165, 1.54) is 21.2 Å². The highest BCUT2D eigenvalue weighted by molar-refractivity contribution is 7.99. The van der Waals surface area contributed by atoms with Crippen LogP contribution in [0.5, 0.6) is 5.75 Å². The van der Waals surface area contributed by atoms with Crippen molar-refractivity contribution >= 4 is 29.2 Å². The molecule has 0 saturated carbocycles. The Kier molecular flexibility index (Phi) is 10.2. The minimum atomic E-state index is -0.665. The number of nitrogens with two attached hydrogens (primary N) is 1. The Morgan fingerprint density at radius 2 is 1.82 bits per heavy atom. The SMILES string of the molecule is CCCCN(C(=O)CSc1nnc(-c2ccc(OC)cc2)n1C(C)C)c1c(N)n(CCCC)c(=O)[nH]c1=O. The first-order valence-corrected chi connectivity index (χ1v) is 13.9. The van der Waals surface area contributed by atoms with Crippen LogP contribution in [0.15, 0.2) is 39.0 Å². The van der Waals surface area contributed by atoms with Crippen molar-refractivity contribution in [3.05, 3.63) is 45.1 Å². The van der Waals surface area contributed by atoms with Crippen LogP contribution < -0.4 is 26.6 Å². The third-order valence-electron chi connectivity index (χ3n) is 6.11. The Morgan fingerprint density at radius 1 is 1.13 bits per heavy atom. The molecule has 0 aliphatic heterocycles. The number of rotatable bonds is 13. The van der Waals surface area contributed by atoms with Gasteiger partial charge < -0.3 is 15.4 Å². The summed E-state index contributed by atoms with van der Waals surface area (Å²) in [6, 6.07) is 7.58. The normalized spacial score (nSPS) is 11.2. The molecular formula is C26H37N7O4S. The summed E-state index contributed by atoms with van der Waals surface area (Å²) in [5.74, 6) is 1.15. The van der Waals surface area contributed by atoms with Gasteiger partial charge in [-0.2, -0.15) is 0 Å². The third-order valence-corrected chi connectivity index (χ3v) is 7.04. The fourth-order valence-corrected chi connectivity index (χ4v) is 4.98. The molecule has 0 atom stereocenters. The molecule has 0 fully saturated rings. The van der Waals surface area contributed by atoms with Crippen molar-refractivity contribution in [1.82, 2.24) is 24.3 Å². The standard InChI is InChI=1S/C26H37N7O4S/c1-6-8-14-31(21-22(27)32(15-9-7-2)25(36)28-24(21)35)20(34)16-38-26-30-29-23(33(26)17(3)4)18-10-12-19(37-5)13-11-18/h10-13,17H,6-9,14-16,27H2,1-5H3,(H,28,35,36). The van der Waals surface area contributed by atoms with Crippen LogP contribution in [0.25, 0.3) is 11.4 Å². The monoisotopic (exact) mass is 543 g/mol. The number of hydrogen-bond donors (Lipinski definition) is 2. The van der Waals surface area contributed by atoms with Gasteiger partial charge in [0.1, 0.15) is 11.6 Å². The van der Waals surface area contributed by atoms with Gasteiger partial charge in [-0.1, -0.05) is 38.5 Å². The van der Waals surface area contributed by atoms with Gasteiger partial charge in [0.25, 0.3) is 5.56 Å². The Morgan fingerprint density at radius 3 is 2.42 bits per heavy atom. The molecule has 0 aliphatic carbocycles. The number of hydrogen-bond acceptors (Lipinski definition) is 8. The molecule has 1 aromatic carbocycles. The molecule has 0 bridgehead atoms. The molecule has 0 radical (unpaired) electrons. The lowest BCUT2D eigenvalue weighted by atomic mass is 10.2. The van der Waals surface area contributed by atoms with Gasteiger partial charge in [0.2, 0.25) is 5.91 Å². The van der Waals surface area contributed by atoms with Crippen LogP contribution in [0.2, 0.25) is 0 Å². The second-order valence-corrected chi connectivity index (χ2v) is 10.1. The maximum absolute atomic E-state index is 13.5. The molecule has 1 amide bonds. The molecule has 3 aromatic rings. The second kappa shape index (κ2) is 13.3. The van der Waals surface area contributed by atoms with Crippen molar-refractivity contribution in [3.63, 3.8) is 0 Å². The number of thioether (sulfide) groups is 1. The van der Waals surface area contributed by atoms with Crippen LogP contribution >= 0.6 is 11.8 Å². The van der Waals surface area contributed by atoms with Gasteiger partial charge in [-0.25, -0.2) is 4.79 Å². The van der Waals surface area contributed by atoms with E-state index in [9.17, 15) is 14.4 Å². The Bertz CT molecular complexity index is 1350. The number of amides is 1. The smallest absolute Gasteiger partial charge is 0.330 e. The first kappa shape index (κ1) is 29.0. The van der Waals surface area contributed by atoms with Crippen molar-refractivity contribution in [3.8, 4) is 17.1 Å². The summed E-state index contributed by atoms with van der Waals surface area (Å²) in [5, 5.41) is 9.33. The van der Waals surface area contributed by atoms with E-state index >= 15 is 0 Å². The number of nitrogens with zero attached hydrogens (tertiary/aromatic N) is 5. The van der Waals surface area contributed by atoms with Crippen LogP contribution in [-0.2, 0) is 11.3 Å². The highest BCUT2D eigenvalue weighted by Crippen LogP contribution is 2.29. The predicted octanol–water partition coefficient (Wildman–Crippen LogP) is 3.69. The number of ether oxygens (including phenoxy) is 1. The van der Waals surface area contributed by atoms with E-state index < -0.39 is 11.2 Å². The lowest BCUT2D eigenvalue weighted by Gasteiger charge is -2.24. The average Bonchev–Trinajstić information content (AvgIpc) is 3.33. The largest absolute Gasteiger partial charge is 0.497 e. The second-order valence-electron chi connectivity index (χ2n) is 9.18. The van der Waals surface area contributed by atoms with Crippen molar-refractivity contribution < 1.29 is 9.53 Å². The van der Waals surface area contributed by atoms with Crippen molar-refractivity contribution in [2.45, 2.75) is 71.1 Å². The van der Waals surface area contributed by atoms with Crippen LogP contribution in [0, 0.1) is 0 Å². The number of anilines is 2. The predicted molar refractivity (Wildman–Crippen MR) is 151 cm³/mol. The van der Waals surface area contributed by atoms with E-state index in [2.05, 4.69) is 15.2 Å². The van der Waals surface area contributed by atoms with E-state index in [1.54, 1.807) is 7.11 Å². The minimum absolute atomic E-state index is 0.00814.